The number of benzene rings is 16. The van der Waals surface area contributed by atoms with Crippen LogP contribution in [0.2, 0.25) is 0 Å². The molecule has 0 aliphatic rings. The number of rotatable bonds is 13. The van der Waals surface area contributed by atoms with E-state index in [1.165, 1.54) is 60.1 Å². The molecule has 128 heavy (non-hydrogen) atoms. The van der Waals surface area contributed by atoms with Crippen LogP contribution in [0.15, 0.2) is 462 Å². The molecule has 0 bridgehead atoms. The van der Waals surface area contributed by atoms with Crippen molar-refractivity contribution in [2.45, 2.75) is 0 Å². The van der Waals surface area contributed by atoms with Gasteiger partial charge in [-0.2, -0.15) is 0 Å². The van der Waals surface area contributed by atoms with Gasteiger partial charge in [-0.3, -0.25) is 24.9 Å². The Labute approximate surface area is 739 Å². The molecule has 16 aromatic carbocycles. The summed E-state index contributed by atoms with van der Waals surface area (Å²) >= 11 is 0. The van der Waals surface area contributed by atoms with Crippen molar-refractivity contribution >= 4 is 87.0 Å². The minimum Gasteiger partial charge on any atom is -0.265 e. The van der Waals surface area contributed by atoms with Crippen molar-refractivity contribution in [3.05, 3.63) is 462 Å². The second-order valence-electron chi connectivity index (χ2n) is 31.9. The summed E-state index contributed by atoms with van der Waals surface area (Å²) in [5, 5.41) is 11.8. The molecule has 0 atom stereocenters. The first-order chi connectivity index (χ1) is 63.4. The fourth-order valence-corrected chi connectivity index (χ4v) is 17.3. The van der Waals surface area contributed by atoms with Crippen molar-refractivity contribution < 1.29 is 0 Å². The Morgan fingerprint density at radius 1 is 0.141 bits per heavy atom. The van der Waals surface area contributed by atoms with Crippen molar-refractivity contribution in [3.8, 4) is 146 Å². The molecule has 8 heterocycles. The lowest BCUT2D eigenvalue weighted by molar-refractivity contribution is 1.23. The summed E-state index contributed by atoms with van der Waals surface area (Å²) in [5.41, 5.74) is 32.7. The maximum absolute atomic E-state index is 5.06. The third-order valence-corrected chi connectivity index (χ3v) is 23.9. The summed E-state index contributed by atoms with van der Waals surface area (Å²) in [6.07, 6.45) is 13.1. The average molecular weight is 1630 g/mol. The summed E-state index contributed by atoms with van der Waals surface area (Å²) in [4.78, 5) is 47.7. The van der Waals surface area contributed by atoms with Crippen LogP contribution in [0, 0.1) is 0 Å². The lowest BCUT2D eigenvalue weighted by Gasteiger charge is -2.12. The topological polar surface area (TPSA) is 129 Å². The molecular formula is C118H76N10. The smallest absolute Gasteiger partial charge is 0.160 e. The van der Waals surface area contributed by atoms with Gasteiger partial charge in [0.1, 0.15) is 0 Å². The first-order valence-electron chi connectivity index (χ1n) is 42.8. The highest BCUT2D eigenvalue weighted by Gasteiger charge is 2.19. The molecular weight excluding hydrogens is 1560 g/mol. The van der Waals surface area contributed by atoms with Crippen LogP contribution in [0.5, 0.6) is 0 Å². The highest BCUT2D eigenvalue weighted by Crippen LogP contribution is 2.40. The molecule has 0 aliphatic carbocycles. The quantitative estimate of drug-likeness (QED) is 0.103. The van der Waals surface area contributed by atoms with Gasteiger partial charge in [0.25, 0.3) is 0 Å². The van der Waals surface area contributed by atoms with E-state index in [0.717, 1.165) is 172 Å². The van der Waals surface area contributed by atoms with E-state index in [1.807, 2.05) is 116 Å². The molecule has 0 radical (unpaired) electrons. The molecule has 0 saturated carbocycles. The Morgan fingerprint density at radius 3 is 0.859 bits per heavy atom. The van der Waals surface area contributed by atoms with Gasteiger partial charge >= 0.3 is 0 Å². The van der Waals surface area contributed by atoms with Crippen LogP contribution in [0.25, 0.3) is 233 Å². The van der Waals surface area contributed by atoms with Crippen LogP contribution in [0.3, 0.4) is 0 Å². The lowest BCUT2D eigenvalue weighted by atomic mass is 9.95. The molecule has 0 fully saturated rings. The van der Waals surface area contributed by atoms with E-state index in [2.05, 4.69) is 331 Å². The number of fused-ring (bicyclic) bond motifs is 11. The van der Waals surface area contributed by atoms with Gasteiger partial charge < -0.3 is 0 Å². The van der Waals surface area contributed by atoms with Crippen LogP contribution in [0.1, 0.15) is 0 Å². The number of nitrogens with zero attached hydrogens (tertiary/aromatic N) is 10. The van der Waals surface area contributed by atoms with Crippen LogP contribution >= 0.6 is 0 Å². The predicted octanol–water partition coefficient (Wildman–Crippen LogP) is 29.9. The molecule has 8 aromatic heterocycles. The van der Waals surface area contributed by atoms with E-state index in [4.69, 9.17) is 39.9 Å². The average Bonchev–Trinajstić information content (AvgIpc) is 0.783. The van der Waals surface area contributed by atoms with E-state index in [9.17, 15) is 0 Å². The fourth-order valence-electron chi connectivity index (χ4n) is 17.3. The normalized spacial score (nSPS) is 11.3. The summed E-state index contributed by atoms with van der Waals surface area (Å²) in [6, 6.07) is 146. The number of para-hydroxylation sites is 3. The second-order valence-corrected chi connectivity index (χ2v) is 31.9. The number of aromatic nitrogens is 10. The summed E-state index contributed by atoms with van der Waals surface area (Å²) < 4.78 is 0. The van der Waals surface area contributed by atoms with Gasteiger partial charge in [-0.25, -0.2) is 24.9 Å². The second kappa shape index (κ2) is 34.2. The van der Waals surface area contributed by atoms with Crippen molar-refractivity contribution in [1.29, 1.82) is 0 Å². The van der Waals surface area contributed by atoms with E-state index in [0.29, 0.717) is 0 Å². The highest BCUT2D eigenvalue weighted by molar-refractivity contribution is 6.09. The van der Waals surface area contributed by atoms with Gasteiger partial charge in [-0.1, -0.05) is 328 Å². The van der Waals surface area contributed by atoms with Crippen molar-refractivity contribution in [3.63, 3.8) is 0 Å². The van der Waals surface area contributed by atoms with Gasteiger partial charge in [-0.15, -0.1) is 0 Å². The molecule has 0 N–H and O–H groups in total. The van der Waals surface area contributed by atoms with Crippen molar-refractivity contribution in [2.75, 3.05) is 0 Å². The number of pyridine rings is 6. The Morgan fingerprint density at radius 2 is 0.438 bits per heavy atom. The summed E-state index contributed by atoms with van der Waals surface area (Å²) in [6.45, 7) is 0. The third kappa shape index (κ3) is 15.7. The monoisotopic (exact) mass is 1630 g/mol. The molecule has 0 aliphatic heterocycles. The first-order valence-corrected chi connectivity index (χ1v) is 42.8. The van der Waals surface area contributed by atoms with E-state index < -0.39 is 0 Å². The predicted molar refractivity (Wildman–Crippen MR) is 528 cm³/mol. The largest absolute Gasteiger partial charge is 0.265 e. The van der Waals surface area contributed by atoms with Crippen LogP contribution in [-0.4, -0.2) is 49.8 Å². The molecule has 0 saturated heterocycles. The maximum Gasteiger partial charge on any atom is 0.160 e. The molecule has 10 heteroatoms. The van der Waals surface area contributed by atoms with Gasteiger partial charge in [0.15, 0.2) is 5.82 Å². The molecule has 24 aromatic rings. The zero-order valence-corrected chi connectivity index (χ0v) is 69.4. The molecule has 0 unspecified atom stereocenters. The summed E-state index contributed by atoms with van der Waals surface area (Å²) in [5.74, 6) is 0.724. The molecule has 10 nitrogen and oxygen atoms in total. The lowest BCUT2D eigenvalue weighted by Crippen LogP contribution is -1.95. The van der Waals surface area contributed by atoms with Crippen LogP contribution in [-0.2, 0) is 0 Å². The fraction of sp³-hybridized carbons (Fsp3) is 0. The Balaban J connectivity index is 0.000000113. The molecule has 0 amide bonds. The van der Waals surface area contributed by atoms with E-state index >= 15 is 0 Å². The number of hydrogen-bond donors (Lipinski definition) is 0. The molecule has 598 valence electrons. The van der Waals surface area contributed by atoms with Crippen molar-refractivity contribution in [2.24, 2.45) is 0 Å². The number of hydrogen-bond acceptors (Lipinski definition) is 10. The zero-order chi connectivity index (χ0) is 85.1. The molecule has 0 spiro atoms. The Hall–Kier alpha value is -17.3. The summed E-state index contributed by atoms with van der Waals surface area (Å²) in [7, 11) is 0. The minimum atomic E-state index is 0.724. The van der Waals surface area contributed by atoms with Gasteiger partial charge in [-0.05, 0) is 185 Å². The zero-order valence-electron chi connectivity index (χ0n) is 69.4. The van der Waals surface area contributed by atoms with Gasteiger partial charge in [0, 0.05) is 114 Å². The Bertz CT molecular complexity index is 8230. The van der Waals surface area contributed by atoms with Gasteiger partial charge in [0.05, 0.1) is 61.6 Å². The molecule has 24 rings (SSSR count). The van der Waals surface area contributed by atoms with Crippen LogP contribution in [0.4, 0.5) is 0 Å². The SMILES string of the molecule is c1cc(-c2ccc(-c3cc(-c4ccncc4)nc(-c4ccncc4)c3)cc2)cc(-c2ccc3c(c2)ncc2ccccc23)c1.c1ccc(-c2nc(-c3cccc(-c4ccc(-c5ccc6c(c5)ncc5ccccc56)cc4)c3)nc3ccccc23)cc1.c1ccc(-c2nc3ccccc3nc2-c2ccc(-c3cccc(-c4ccc5c(c4)ncc4ccccc45)c3)cc2)cc1. The van der Waals surface area contributed by atoms with E-state index in [1.54, 1.807) is 24.8 Å². The van der Waals surface area contributed by atoms with Gasteiger partial charge in [0.2, 0.25) is 0 Å². The third-order valence-electron chi connectivity index (χ3n) is 23.9. The van der Waals surface area contributed by atoms with Crippen molar-refractivity contribution in [1.82, 2.24) is 49.8 Å². The minimum absolute atomic E-state index is 0.724. The van der Waals surface area contributed by atoms with E-state index in [-0.39, 0.29) is 0 Å². The maximum atomic E-state index is 5.06. The standard InChI is InChI=1S/C40H26N4.2C39H25N3/c1-2-7-36-34(4-1)26-43-40-23-33(12-13-37(36)40)32-6-3-5-31(22-32)27-8-10-28(11-9-27)35-24-38(29-14-18-41-19-15-29)44-39(25-35)30-16-20-42-21-17-30;1-2-9-28(10-3-1)38-35-15-6-7-16-36(35)41-39(42-38)31-13-8-12-29(23-31)26-17-19-27(20-18-26)30-21-22-34-33-14-5-4-11-32(33)25-40-37(34)24-30;1-2-9-27(10-3-1)38-39(42-36-16-7-6-15-35(36)41-38)28-19-17-26(18-20-28)29-12-8-13-30(23-29)31-21-22-34-33-14-5-4-11-32(33)25-40-37(34)24-31/h1-26H;2*1-25H. The van der Waals surface area contributed by atoms with Crippen LogP contribution < -0.4 is 0 Å². The first kappa shape index (κ1) is 76.8. The Kier molecular flexibility index (Phi) is 20.5. The highest BCUT2D eigenvalue weighted by atomic mass is 14.9.